The molecule has 0 bridgehead atoms. The van der Waals surface area contributed by atoms with E-state index >= 15 is 0 Å². The SMILES string of the molecule is CCC1CCCC(NCc2ccc(F)c(C#N)c2)C1. The highest BCUT2D eigenvalue weighted by atomic mass is 19.1. The van der Waals surface area contributed by atoms with Gasteiger partial charge in [0.25, 0.3) is 0 Å². The zero-order chi connectivity index (χ0) is 13.7. The van der Waals surface area contributed by atoms with Crippen LogP contribution in [0.25, 0.3) is 0 Å². The van der Waals surface area contributed by atoms with Gasteiger partial charge in [-0.1, -0.05) is 32.3 Å². The second-order valence-corrected chi connectivity index (χ2v) is 5.44. The van der Waals surface area contributed by atoms with Crippen LogP contribution in [0.5, 0.6) is 0 Å². The van der Waals surface area contributed by atoms with E-state index in [2.05, 4.69) is 12.2 Å². The number of nitrogens with zero attached hydrogens (tertiary/aromatic N) is 1. The van der Waals surface area contributed by atoms with Crippen molar-refractivity contribution in [3.05, 3.63) is 35.1 Å². The summed E-state index contributed by atoms with van der Waals surface area (Å²) in [5.74, 6) is 0.407. The third kappa shape index (κ3) is 3.78. The summed E-state index contributed by atoms with van der Waals surface area (Å²) in [6.07, 6.45) is 6.37. The molecule has 2 unspecified atom stereocenters. The van der Waals surface area contributed by atoms with Crippen LogP contribution in [-0.2, 0) is 6.54 Å². The number of rotatable bonds is 4. The molecule has 2 rings (SSSR count). The van der Waals surface area contributed by atoms with Crippen molar-refractivity contribution in [2.75, 3.05) is 0 Å². The first-order chi connectivity index (χ1) is 9.22. The first-order valence-corrected chi connectivity index (χ1v) is 7.14. The van der Waals surface area contributed by atoms with Gasteiger partial charge in [-0.25, -0.2) is 4.39 Å². The Morgan fingerprint density at radius 1 is 1.42 bits per heavy atom. The molecule has 1 N–H and O–H groups in total. The maximum Gasteiger partial charge on any atom is 0.140 e. The van der Waals surface area contributed by atoms with Crippen molar-refractivity contribution < 1.29 is 4.39 Å². The topological polar surface area (TPSA) is 35.8 Å². The fourth-order valence-electron chi connectivity index (χ4n) is 2.88. The number of hydrogen-bond acceptors (Lipinski definition) is 2. The molecule has 0 heterocycles. The Balaban J connectivity index is 1.90. The first kappa shape index (κ1) is 14.0. The molecule has 1 fully saturated rings. The lowest BCUT2D eigenvalue weighted by atomic mass is 9.84. The minimum absolute atomic E-state index is 0.134. The first-order valence-electron chi connectivity index (χ1n) is 7.14. The lowest BCUT2D eigenvalue weighted by Gasteiger charge is -2.29. The van der Waals surface area contributed by atoms with Crippen LogP contribution in [0.4, 0.5) is 4.39 Å². The Morgan fingerprint density at radius 2 is 2.26 bits per heavy atom. The summed E-state index contributed by atoms with van der Waals surface area (Å²) >= 11 is 0. The second-order valence-electron chi connectivity index (χ2n) is 5.44. The minimum Gasteiger partial charge on any atom is -0.310 e. The molecule has 1 aliphatic rings. The summed E-state index contributed by atoms with van der Waals surface area (Å²) < 4.78 is 13.2. The minimum atomic E-state index is -0.435. The van der Waals surface area contributed by atoms with E-state index in [9.17, 15) is 4.39 Å². The lowest BCUT2D eigenvalue weighted by Crippen LogP contribution is -2.33. The molecule has 1 saturated carbocycles. The summed E-state index contributed by atoms with van der Waals surface area (Å²) in [5.41, 5.74) is 1.12. The molecule has 0 aromatic heterocycles. The second kappa shape index (κ2) is 6.68. The Hall–Kier alpha value is -1.40. The monoisotopic (exact) mass is 260 g/mol. The van der Waals surface area contributed by atoms with Gasteiger partial charge in [-0.15, -0.1) is 0 Å². The summed E-state index contributed by atoms with van der Waals surface area (Å²) in [5, 5.41) is 12.4. The third-order valence-corrected chi connectivity index (χ3v) is 4.11. The van der Waals surface area contributed by atoms with Gasteiger partial charge < -0.3 is 5.32 Å². The van der Waals surface area contributed by atoms with Crippen molar-refractivity contribution in [1.29, 1.82) is 5.26 Å². The van der Waals surface area contributed by atoms with E-state index in [-0.39, 0.29) is 5.56 Å². The molecular weight excluding hydrogens is 239 g/mol. The third-order valence-electron chi connectivity index (χ3n) is 4.11. The van der Waals surface area contributed by atoms with Crippen molar-refractivity contribution in [2.45, 2.75) is 51.6 Å². The van der Waals surface area contributed by atoms with Gasteiger partial charge in [0.15, 0.2) is 0 Å². The zero-order valence-corrected chi connectivity index (χ0v) is 11.5. The molecule has 1 aromatic carbocycles. The standard InChI is InChI=1S/C16H21FN2/c1-2-12-4-3-5-15(9-12)19-11-13-6-7-16(17)14(8-13)10-18/h6-8,12,15,19H,2-5,9,11H2,1H3. The van der Waals surface area contributed by atoms with Crippen molar-refractivity contribution in [3.8, 4) is 6.07 Å². The van der Waals surface area contributed by atoms with Crippen LogP contribution in [0.3, 0.4) is 0 Å². The number of nitrogens with one attached hydrogen (secondary N) is 1. The molecule has 1 aromatic rings. The van der Waals surface area contributed by atoms with Crippen molar-refractivity contribution in [1.82, 2.24) is 5.32 Å². The van der Waals surface area contributed by atoms with E-state index in [1.807, 2.05) is 6.07 Å². The molecule has 2 nitrogen and oxygen atoms in total. The Bertz CT molecular complexity index is 464. The van der Waals surface area contributed by atoms with Crippen LogP contribution in [0.1, 0.15) is 50.2 Å². The van der Waals surface area contributed by atoms with Crippen LogP contribution in [0, 0.1) is 23.1 Å². The lowest BCUT2D eigenvalue weighted by molar-refractivity contribution is 0.278. The molecule has 0 amide bonds. The molecular formula is C16H21FN2. The van der Waals surface area contributed by atoms with E-state index in [4.69, 9.17) is 5.26 Å². The van der Waals surface area contributed by atoms with Crippen LogP contribution >= 0.6 is 0 Å². The van der Waals surface area contributed by atoms with Gasteiger partial charge in [0.05, 0.1) is 5.56 Å². The fraction of sp³-hybridized carbons (Fsp3) is 0.562. The van der Waals surface area contributed by atoms with Crippen LogP contribution < -0.4 is 5.32 Å². The number of halogens is 1. The van der Waals surface area contributed by atoms with Gasteiger partial charge in [-0.2, -0.15) is 5.26 Å². The predicted molar refractivity (Wildman–Crippen MR) is 74.0 cm³/mol. The van der Waals surface area contributed by atoms with E-state index < -0.39 is 5.82 Å². The molecule has 102 valence electrons. The van der Waals surface area contributed by atoms with Gasteiger partial charge >= 0.3 is 0 Å². The van der Waals surface area contributed by atoms with E-state index in [0.29, 0.717) is 6.04 Å². The fourth-order valence-corrected chi connectivity index (χ4v) is 2.88. The highest BCUT2D eigenvalue weighted by Crippen LogP contribution is 2.26. The Morgan fingerprint density at radius 3 is 3.00 bits per heavy atom. The van der Waals surface area contributed by atoms with Crippen molar-refractivity contribution in [3.63, 3.8) is 0 Å². The Kier molecular flexibility index (Phi) is 4.93. The normalized spacial score (nSPS) is 23.0. The largest absolute Gasteiger partial charge is 0.310 e. The van der Waals surface area contributed by atoms with E-state index in [0.717, 1.165) is 18.0 Å². The van der Waals surface area contributed by atoms with Gasteiger partial charge in [0.1, 0.15) is 11.9 Å². The summed E-state index contributed by atoms with van der Waals surface area (Å²) in [4.78, 5) is 0. The van der Waals surface area contributed by atoms with Gasteiger partial charge in [0, 0.05) is 12.6 Å². The molecule has 0 saturated heterocycles. The van der Waals surface area contributed by atoms with E-state index in [1.165, 1.54) is 38.2 Å². The van der Waals surface area contributed by atoms with Crippen LogP contribution in [0.15, 0.2) is 18.2 Å². The zero-order valence-electron chi connectivity index (χ0n) is 11.5. The maximum atomic E-state index is 13.2. The molecule has 3 heteroatoms. The molecule has 0 aliphatic heterocycles. The molecule has 19 heavy (non-hydrogen) atoms. The highest BCUT2D eigenvalue weighted by molar-refractivity contribution is 5.34. The average molecular weight is 260 g/mol. The smallest absolute Gasteiger partial charge is 0.140 e. The van der Waals surface area contributed by atoms with E-state index in [1.54, 1.807) is 12.1 Å². The predicted octanol–water partition coefficient (Wildman–Crippen LogP) is 3.76. The maximum absolute atomic E-state index is 13.2. The quantitative estimate of drug-likeness (QED) is 0.894. The van der Waals surface area contributed by atoms with Crippen molar-refractivity contribution >= 4 is 0 Å². The van der Waals surface area contributed by atoms with Gasteiger partial charge in [-0.05, 0) is 36.5 Å². The van der Waals surface area contributed by atoms with Gasteiger partial charge in [-0.3, -0.25) is 0 Å². The number of benzene rings is 1. The molecule has 0 radical (unpaired) electrons. The molecule has 1 aliphatic carbocycles. The summed E-state index contributed by atoms with van der Waals surface area (Å²) in [6.45, 7) is 2.97. The summed E-state index contributed by atoms with van der Waals surface area (Å²) in [6, 6.07) is 7.23. The number of nitriles is 1. The molecule has 2 atom stereocenters. The summed E-state index contributed by atoms with van der Waals surface area (Å²) in [7, 11) is 0. The Labute approximate surface area is 114 Å². The van der Waals surface area contributed by atoms with Gasteiger partial charge in [0.2, 0.25) is 0 Å². The molecule has 0 spiro atoms. The number of hydrogen-bond donors (Lipinski definition) is 1. The average Bonchev–Trinajstić information content (AvgIpc) is 2.46. The van der Waals surface area contributed by atoms with Crippen molar-refractivity contribution in [2.24, 2.45) is 5.92 Å². The van der Waals surface area contributed by atoms with Crippen LogP contribution in [0.2, 0.25) is 0 Å². The highest BCUT2D eigenvalue weighted by Gasteiger charge is 2.20. The van der Waals surface area contributed by atoms with Crippen LogP contribution in [-0.4, -0.2) is 6.04 Å².